The van der Waals surface area contributed by atoms with Crippen LogP contribution in [0.2, 0.25) is 0 Å². The molecule has 0 saturated heterocycles. The Hall–Kier alpha value is -0.500. The van der Waals surface area contributed by atoms with E-state index in [2.05, 4.69) is 10.1 Å². The molecule has 0 aromatic carbocycles. The van der Waals surface area contributed by atoms with Crippen LogP contribution in [-0.4, -0.2) is 37.1 Å². The molecule has 0 aromatic heterocycles. The van der Waals surface area contributed by atoms with Crippen molar-refractivity contribution < 1.29 is 31.1 Å². The Kier molecular flexibility index (Phi) is 7.87. The molecule has 0 bridgehead atoms. The van der Waals surface area contributed by atoms with Gasteiger partial charge in [-0.1, -0.05) is 27.2 Å². The zero-order chi connectivity index (χ0) is 16.0. The van der Waals surface area contributed by atoms with Crippen molar-refractivity contribution in [2.24, 2.45) is 0 Å². The van der Waals surface area contributed by atoms with Gasteiger partial charge in [0.15, 0.2) is 0 Å². The van der Waals surface area contributed by atoms with Crippen LogP contribution in [0, 0.1) is 0 Å². The summed E-state index contributed by atoms with van der Waals surface area (Å²) in [4.78, 5) is 0. The van der Waals surface area contributed by atoms with Gasteiger partial charge in [0, 0.05) is 6.04 Å². The maximum atomic E-state index is 12.5. The van der Waals surface area contributed by atoms with Gasteiger partial charge in [0.05, 0.1) is 6.10 Å². The number of hydrogen-bond acceptors (Lipinski definition) is 2. The summed E-state index contributed by atoms with van der Waals surface area (Å²) in [5, 5.41) is 2.88. The van der Waals surface area contributed by atoms with Gasteiger partial charge in [-0.05, 0) is 19.4 Å². The Morgan fingerprint density at radius 2 is 1.45 bits per heavy atom. The molecule has 2 unspecified atom stereocenters. The predicted octanol–water partition coefficient (Wildman–Crippen LogP) is 4.05. The van der Waals surface area contributed by atoms with Gasteiger partial charge in [-0.3, -0.25) is 0 Å². The third kappa shape index (κ3) is 6.30. The second-order valence-electron chi connectivity index (χ2n) is 4.50. The van der Waals surface area contributed by atoms with Gasteiger partial charge in [-0.2, -0.15) is 26.3 Å². The van der Waals surface area contributed by atoms with Gasteiger partial charge < -0.3 is 10.1 Å². The lowest BCUT2D eigenvalue weighted by atomic mass is 10.0. The van der Waals surface area contributed by atoms with Crippen LogP contribution in [0.3, 0.4) is 0 Å². The molecule has 20 heavy (non-hydrogen) atoms. The minimum Gasteiger partial charge on any atom is -0.356 e. The van der Waals surface area contributed by atoms with E-state index in [0.717, 1.165) is 0 Å². The van der Waals surface area contributed by atoms with Crippen LogP contribution in [0.15, 0.2) is 0 Å². The fourth-order valence-corrected chi connectivity index (χ4v) is 1.98. The molecule has 0 amide bonds. The quantitative estimate of drug-likeness (QED) is 0.683. The molecule has 2 nitrogen and oxygen atoms in total. The number of likely N-dealkylation sites (N-methyl/N-ethyl adjacent to an activating group) is 1. The Morgan fingerprint density at radius 1 is 0.950 bits per heavy atom. The number of nitrogens with one attached hydrogen (secondary N) is 1. The first-order chi connectivity index (χ1) is 9.07. The van der Waals surface area contributed by atoms with E-state index in [0.29, 0.717) is 19.4 Å². The van der Waals surface area contributed by atoms with Crippen molar-refractivity contribution in [1.82, 2.24) is 5.32 Å². The average molecular weight is 309 g/mol. The summed E-state index contributed by atoms with van der Waals surface area (Å²) in [6.07, 6.45) is -14.6. The zero-order valence-corrected chi connectivity index (χ0v) is 11.7. The minimum absolute atomic E-state index is 0.0698. The highest BCUT2D eigenvalue weighted by Gasteiger charge is 2.58. The van der Waals surface area contributed by atoms with E-state index in [1.807, 2.05) is 6.92 Å². The lowest BCUT2D eigenvalue weighted by Gasteiger charge is -2.32. The molecule has 0 saturated carbocycles. The summed E-state index contributed by atoms with van der Waals surface area (Å²) >= 11 is 0. The summed E-state index contributed by atoms with van der Waals surface area (Å²) < 4.78 is 79.3. The maximum Gasteiger partial charge on any atom is 0.423 e. The van der Waals surface area contributed by atoms with Crippen molar-refractivity contribution in [3.05, 3.63) is 0 Å². The number of ether oxygens (including phenoxy) is 1. The molecular formula is C12H21F6NO. The molecule has 0 rings (SSSR count). The Labute approximate surface area is 114 Å². The molecule has 0 fully saturated rings. The van der Waals surface area contributed by atoms with Crippen LogP contribution < -0.4 is 5.32 Å². The molecule has 8 heteroatoms. The number of halogens is 6. The summed E-state index contributed by atoms with van der Waals surface area (Å²) in [6, 6.07) is -0.526. The van der Waals surface area contributed by atoms with Crippen molar-refractivity contribution in [1.29, 1.82) is 0 Å². The van der Waals surface area contributed by atoms with E-state index in [1.165, 1.54) is 6.92 Å². The Bertz CT molecular complexity index is 246. The number of alkyl halides is 6. The Morgan fingerprint density at radius 3 is 1.75 bits per heavy atom. The van der Waals surface area contributed by atoms with Crippen molar-refractivity contribution in [2.45, 2.75) is 70.6 Å². The van der Waals surface area contributed by atoms with Gasteiger partial charge in [0.2, 0.25) is 6.10 Å². The summed E-state index contributed by atoms with van der Waals surface area (Å²) in [5.74, 6) is 0. The van der Waals surface area contributed by atoms with E-state index in [1.54, 1.807) is 6.92 Å². The van der Waals surface area contributed by atoms with Crippen LogP contribution in [0.5, 0.6) is 0 Å². The fourth-order valence-electron chi connectivity index (χ4n) is 1.98. The largest absolute Gasteiger partial charge is 0.423 e. The topological polar surface area (TPSA) is 21.3 Å². The highest BCUT2D eigenvalue weighted by atomic mass is 19.4. The van der Waals surface area contributed by atoms with Gasteiger partial charge >= 0.3 is 12.4 Å². The summed E-state index contributed by atoms with van der Waals surface area (Å²) in [7, 11) is 0. The van der Waals surface area contributed by atoms with Gasteiger partial charge in [0.25, 0.3) is 0 Å². The average Bonchev–Trinajstić information content (AvgIpc) is 2.26. The molecule has 0 spiro atoms. The molecular weight excluding hydrogens is 288 g/mol. The monoisotopic (exact) mass is 309 g/mol. The van der Waals surface area contributed by atoms with E-state index < -0.39 is 30.6 Å². The van der Waals surface area contributed by atoms with E-state index in [9.17, 15) is 26.3 Å². The Balaban J connectivity index is 5.04. The van der Waals surface area contributed by atoms with Crippen molar-refractivity contribution in [2.75, 3.05) is 6.54 Å². The lowest BCUT2D eigenvalue weighted by Crippen LogP contribution is -2.51. The van der Waals surface area contributed by atoms with Crippen molar-refractivity contribution >= 4 is 0 Å². The van der Waals surface area contributed by atoms with Crippen LogP contribution in [0.4, 0.5) is 26.3 Å². The van der Waals surface area contributed by atoms with Crippen molar-refractivity contribution in [3.63, 3.8) is 0 Å². The van der Waals surface area contributed by atoms with E-state index >= 15 is 0 Å². The first-order valence-corrected chi connectivity index (χ1v) is 6.60. The molecule has 1 N–H and O–H groups in total. The molecule has 0 aliphatic carbocycles. The summed E-state index contributed by atoms with van der Waals surface area (Å²) in [6.45, 7) is 5.50. The minimum atomic E-state index is -5.46. The molecule has 122 valence electrons. The molecule has 0 aliphatic rings. The first kappa shape index (κ1) is 19.5. The fraction of sp³-hybridized carbons (Fsp3) is 1.00. The van der Waals surface area contributed by atoms with Crippen LogP contribution in [0.25, 0.3) is 0 Å². The van der Waals surface area contributed by atoms with Gasteiger partial charge in [-0.25, -0.2) is 0 Å². The predicted molar refractivity (Wildman–Crippen MR) is 63.4 cm³/mol. The number of rotatable bonds is 8. The zero-order valence-electron chi connectivity index (χ0n) is 11.7. The van der Waals surface area contributed by atoms with Crippen LogP contribution in [0.1, 0.15) is 40.0 Å². The molecule has 0 aromatic rings. The SMILES string of the molecule is CCCC(NCC)C(CC)OC(C(F)(F)F)C(F)(F)F. The van der Waals surface area contributed by atoms with Crippen molar-refractivity contribution in [3.8, 4) is 0 Å². The molecule has 0 radical (unpaired) electrons. The van der Waals surface area contributed by atoms with E-state index in [-0.39, 0.29) is 6.42 Å². The highest BCUT2D eigenvalue weighted by molar-refractivity contribution is 4.82. The highest BCUT2D eigenvalue weighted by Crippen LogP contribution is 2.37. The van der Waals surface area contributed by atoms with Crippen LogP contribution >= 0.6 is 0 Å². The molecule has 2 atom stereocenters. The van der Waals surface area contributed by atoms with E-state index in [4.69, 9.17) is 0 Å². The first-order valence-electron chi connectivity index (χ1n) is 6.60. The standard InChI is InChI=1S/C12H21F6NO/c1-4-7-8(19-6-3)9(5-2)20-10(11(13,14)15)12(16,17)18/h8-10,19H,4-7H2,1-3H3. The third-order valence-electron chi connectivity index (χ3n) is 2.82. The maximum absolute atomic E-state index is 12.5. The van der Waals surface area contributed by atoms with Gasteiger partial charge in [-0.15, -0.1) is 0 Å². The molecule has 0 heterocycles. The second-order valence-corrected chi connectivity index (χ2v) is 4.50. The third-order valence-corrected chi connectivity index (χ3v) is 2.82. The summed E-state index contributed by atoms with van der Waals surface area (Å²) in [5.41, 5.74) is 0. The normalized spacial score (nSPS) is 16.5. The smallest absolute Gasteiger partial charge is 0.356 e. The van der Waals surface area contributed by atoms with Gasteiger partial charge in [0.1, 0.15) is 0 Å². The lowest BCUT2D eigenvalue weighted by molar-refractivity contribution is -0.332. The number of hydrogen-bond donors (Lipinski definition) is 1. The van der Waals surface area contributed by atoms with Crippen LogP contribution in [-0.2, 0) is 4.74 Å². The molecule has 0 aliphatic heterocycles. The second kappa shape index (κ2) is 8.07.